The highest BCUT2D eigenvalue weighted by atomic mass is 35.5. The monoisotopic (exact) mass is 498 g/mol. The minimum atomic E-state index is -0.121. The summed E-state index contributed by atoms with van der Waals surface area (Å²) in [5.74, 6) is -0.121. The van der Waals surface area contributed by atoms with E-state index in [1.807, 2.05) is 37.3 Å². The van der Waals surface area contributed by atoms with Crippen LogP contribution in [0.25, 0.3) is 0 Å². The predicted molar refractivity (Wildman–Crippen MR) is 138 cm³/mol. The molecule has 1 fully saturated rings. The number of nitrogens with zero attached hydrogens (tertiary/aromatic N) is 5. The number of hydrogen-bond acceptors (Lipinski definition) is 5. The fourth-order valence-corrected chi connectivity index (χ4v) is 4.34. The van der Waals surface area contributed by atoms with Crippen molar-refractivity contribution in [3.05, 3.63) is 81.6 Å². The number of hydrogen-bond donors (Lipinski definition) is 1. The van der Waals surface area contributed by atoms with Crippen LogP contribution in [0.15, 0.2) is 59.7 Å². The summed E-state index contributed by atoms with van der Waals surface area (Å²) in [5.41, 5.74) is 6.33. The van der Waals surface area contributed by atoms with Crippen molar-refractivity contribution in [1.82, 2.24) is 20.1 Å². The molecular weight excluding hydrogens is 471 g/mol. The van der Waals surface area contributed by atoms with E-state index >= 15 is 0 Å². The maximum Gasteiger partial charge on any atom is 0.241 e. The van der Waals surface area contributed by atoms with Crippen molar-refractivity contribution in [3.63, 3.8) is 0 Å². The first-order valence-corrected chi connectivity index (χ1v) is 12.1. The molecule has 178 valence electrons. The maximum absolute atomic E-state index is 12.3. The first kappa shape index (κ1) is 24.3. The van der Waals surface area contributed by atoms with Crippen molar-refractivity contribution in [1.29, 1.82) is 0 Å². The Morgan fingerprint density at radius 2 is 1.76 bits per heavy atom. The number of nitrogens with one attached hydrogen (secondary N) is 1. The van der Waals surface area contributed by atoms with Gasteiger partial charge in [0.2, 0.25) is 5.91 Å². The van der Waals surface area contributed by atoms with E-state index in [1.165, 1.54) is 5.69 Å². The summed E-state index contributed by atoms with van der Waals surface area (Å²) in [6, 6.07) is 18.0. The van der Waals surface area contributed by atoms with Gasteiger partial charge in [0.1, 0.15) is 5.15 Å². The molecule has 0 atom stereocenters. The molecule has 1 aliphatic heterocycles. The van der Waals surface area contributed by atoms with Gasteiger partial charge in [-0.2, -0.15) is 10.2 Å². The van der Waals surface area contributed by atoms with Crippen LogP contribution in [0.2, 0.25) is 10.2 Å². The average Bonchev–Trinajstić information content (AvgIpc) is 3.12. The molecule has 9 heteroatoms. The van der Waals surface area contributed by atoms with Gasteiger partial charge in [-0.3, -0.25) is 9.69 Å². The number of carbonyl (C=O) groups is 1. The van der Waals surface area contributed by atoms with E-state index in [4.69, 9.17) is 23.2 Å². The summed E-state index contributed by atoms with van der Waals surface area (Å²) in [6.45, 7) is 6.89. The molecule has 1 amide bonds. The van der Waals surface area contributed by atoms with Crippen LogP contribution in [0, 0.1) is 6.92 Å². The molecule has 0 aliphatic carbocycles. The summed E-state index contributed by atoms with van der Waals surface area (Å²) in [6.07, 6.45) is 1.95. The van der Waals surface area contributed by atoms with Gasteiger partial charge in [-0.25, -0.2) is 10.1 Å². The van der Waals surface area contributed by atoms with Crippen LogP contribution in [-0.2, 0) is 11.3 Å². The summed E-state index contributed by atoms with van der Waals surface area (Å²) >= 11 is 12.5. The number of piperazine rings is 1. The van der Waals surface area contributed by atoms with Crippen molar-refractivity contribution in [2.75, 3.05) is 37.6 Å². The number of carbonyl (C=O) groups excluding carboxylic acids is 1. The van der Waals surface area contributed by atoms with Gasteiger partial charge in [0, 0.05) is 49.9 Å². The Kier molecular flexibility index (Phi) is 8.21. The zero-order valence-electron chi connectivity index (χ0n) is 19.1. The van der Waals surface area contributed by atoms with Crippen molar-refractivity contribution in [2.45, 2.75) is 19.9 Å². The highest BCUT2D eigenvalue weighted by molar-refractivity contribution is 6.32. The Morgan fingerprint density at radius 3 is 2.47 bits per heavy atom. The molecule has 7 nitrogen and oxygen atoms in total. The molecule has 1 N–H and O–H groups in total. The van der Waals surface area contributed by atoms with E-state index in [2.05, 4.69) is 49.7 Å². The molecule has 1 saturated heterocycles. The van der Waals surface area contributed by atoms with E-state index in [1.54, 1.807) is 10.9 Å². The molecule has 0 radical (unpaired) electrons. The molecule has 2 aromatic carbocycles. The third-order valence-electron chi connectivity index (χ3n) is 5.89. The lowest BCUT2D eigenvalue weighted by Gasteiger charge is -2.36. The minimum absolute atomic E-state index is 0.121. The van der Waals surface area contributed by atoms with Gasteiger partial charge in [-0.05, 0) is 36.8 Å². The molecule has 3 aromatic rings. The highest BCUT2D eigenvalue weighted by Gasteiger charge is 2.17. The molecule has 0 spiro atoms. The SMILES string of the molecule is Cc1nn(Cc2ccc(Cl)cc2)c(Cl)c1/C=N/NC(=O)CCN1CCN(c2ccccc2)CC1. The Hall–Kier alpha value is -2.87. The number of amides is 1. The van der Waals surface area contributed by atoms with Gasteiger partial charge in [-0.15, -0.1) is 0 Å². The second-order valence-corrected chi connectivity index (χ2v) is 9.08. The number of rotatable bonds is 8. The highest BCUT2D eigenvalue weighted by Crippen LogP contribution is 2.20. The van der Waals surface area contributed by atoms with Gasteiger partial charge in [0.15, 0.2) is 0 Å². The predicted octanol–water partition coefficient (Wildman–Crippen LogP) is 4.21. The molecule has 1 aromatic heterocycles. The van der Waals surface area contributed by atoms with E-state index < -0.39 is 0 Å². The Bertz CT molecular complexity index is 1120. The fraction of sp³-hybridized carbons (Fsp3) is 0.320. The number of para-hydroxylation sites is 1. The summed E-state index contributed by atoms with van der Waals surface area (Å²) in [4.78, 5) is 17.0. The van der Waals surface area contributed by atoms with Gasteiger partial charge in [-0.1, -0.05) is 53.5 Å². The van der Waals surface area contributed by atoms with Crippen LogP contribution in [0.3, 0.4) is 0 Å². The van der Waals surface area contributed by atoms with Crippen molar-refractivity contribution >= 4 is 41.0 Å². The Morgan fingerprint density at radius 1 is 1.06 bits per heavy atom. The second kappa shape index (κ2) is 11.5. The van der Waals surface area contributed by atoms with Gasteiger partial charge >= 0.3 is 0 Å². The third-order valence-corrected chi connectivity index (χ3v) is 6.54. The van der Waals surface area contributed by atoms with Crippen LogP contribution < -0.4 is 10.3 Å². The zero-order valence-corrected chi connectivity index (χ0v) is 20.6. The van der Waals surface area contributed by atoms with Crippen molar-refractivity contribution < 1.29 is 4.79 Å². The number of aromatic nitrogens is 2. The number of benzene rings is 2. The summed E-state index contributed by atoms with van der Waals surface area (Å²) in [7, 11) is 0. The lowest BCUT2D eigenvalue weighted by atomic mass is 10.2. The third kappa shape index (κ3) is 6.38. The lowest BCUT2D eigenvalue weighted by molar-refractivity contribution is -0.121. The molecule has 0 saturated carbocycles. The Balaban J connectivity index is 1.23. The van der Waals surface area contributed by atoms with Crippen LogP contribution in [0.1, 0.15) is 23.2 Å². The normalized spacial score (nSPS) is 14.6. The smallest absolute Gasteiger partial charge is 0.241 e. The van der Waals surface area contributed by atoms with Crippen LogP contribution in [0.4, 0.5) is 5.69 Å². The van der Waals surface area contributed by atoms with E-state index in [9.17, 15) is 4.79 Å². The zero-order chi connectivity index (χ0) is 23.9. The molecule has 0 bridgehead atoms. The van der Waals surface area contributed by atoms with E-state index in [-0.39, 0.29) is 5.91 Å². The van der Waals surface area contributed by atoms with Crippen molar-refractivity contribution in [2.24, 2.45) is 5.10 Å². The van der Waals surface area contributed by atoms with Gasteiger partial charge < -0.3 is 4.90 Å². The standard InChI is InChI=1S/C25H28Cl2N6O/c1-19-23(25(27)33(30-19)18-20-7-9-21(26)10-8-20)17-28-29-24(34)11-12-31-13-15-32(16-14-31)22-5-3-2-4-6-22/h2-10,17H,11-16,18H2,1H3,(H,29,34)/b28-17+. The number of hydrazone groups is 1. The van der Waals surface area contributed by atoms with E-state index in [0.717, 1.165) is 37.4 Å². The first-order chi connectivity index (χ1) is 16.5. The molecule has 34 heavy (non-hydrogen) atoms. The number of anilines is 1. The maximum atomic E-state index is 12.3. The van der Waals surface area contributed by atoms with Gasteiger partial charge in [0.05, 0.1) is 24.0 Å². The fourth-order valence-electron chi connectivity index (χ4n) is 3.93. The Labute approximate surface area is 209 Å². The van der Waals surface area contributed by atoms with Crippen molar-refractivity contribution in [3.8, 4) is 0 Å². The van der Waals surface area contributed by atoms with Crippen LogP contribution >= 0.6 is 23.2 Å². The lowest BCUT2D eigenvalue weighted by Crippen LogP contribution is -2.47. The average molecular weight is 499 g/mol. The molecule has 4 rings (SSSR count). The minimum Gasteiger partial charge on any atom is -0.369 e. The first-order valence-electron chi connectivity index (χ1n) is 11.3. The van der Waals surface area contributed by atoms with E-state index in [0.29, 0.717) is 35.2 Å². The molecule has 0 unspecified atom stereocenters. The number of aryl methyl sites for hydroxylation is 1. The van der Waals surface area contributed by atoms with Crippen LogP contribution in [-0.4, -0.2) is 59.5 Å². The summed E-state index contributed by atoms with van der Waals surface area (Å²) < 4.78 is 1.71. The van der Waals surface area contributed by atoms with Gasteiger partial charge in [0.25, 0.3) is 0 Å². The topological polar surface area (TPSA) is 65.8 Å². The quantitative estimate of drug-likeness (QED) is 0.373. The summed E-state index contributed by atoms with van der Waals surface area (Å²) in [5, 5.41) is 9.75. The number of halogens is 2. The molecule has 1 aliphatic rings. The largest absolute Gasteiger partial charge is 0.369 e. The van der Waals surface area contributed by atoms with Crippen LogP contribution in [0.5, 0.6) is 0 Å². The molecule has 2 heterocycles. The second-order valence-electron chi connectivity index (χ2n) is 8.28. The molecular formula is C25H28Cl2N6O.